The van der Waals surface area contributed by atoms with Gasteiger partial charge >= 0.3 is 6.03 Å². The van der Waals surface area contributed by atoms with Gasteiger partial charge in [0.2, 0.25) is 0 Å². The number of β-amino-alcohol motifs (C(OH)–C–C–N with tert-alkyl or cyclic N) is 1. The number of amides is 2. The van der Waals surface area contributed by atoms with E-state index < -0.39 is 0 Å². The number of nitrogens with zero attached hydrogens (tertiary/aromatic N) is 4. The molecule has 1 aromatic heterocycles. The van der Waals surface area contributed by atoms with Gasteiger partial charge in [0, 0.05) is 38.8 Å². The molecule has 134 valence electrons. The summed E-state index contributed by atoms with van der Waals surface area (Å²) >= 11 is 0. The van der Waals surface area contributed by atoms with Crippen molar-refractivity contribution in [2.24, 2.45) is 0 Å². The highest BCUT2D eigenvalue weighted by atomic mass is 16.3. The fourth-order valence-electron chi connectivity index (χ4n) is 3.03. The van der Waals surface area contributed by atoms with Crippen LogP contribution in [0.15, 0.2) is 36.4 Å². The molecule has 0 radical (unpaired) electrons. The van der Waals surface area contributed by atoms with Gasteiger partial charge in [0.05, 0.1) is 18.8 Å². The number of anilines is 1. The van der Waals surface area contributed by atoms with Crippen LogP contribution >= 0.6 is 0 Å². The van der Waals surface area contributed by atoms with Crippen LogP contribution in [0.4, 0.5) is 10.6 Å². The summed E-state index contributed by atoms with van der Waals surface area (Å²) in [6.45, 7) is 6.27. The van der Waals surface area contributed by atoms with Crippen LogP contribution < -0.4 is 5.32 Å². The molecule has 3 rings (SSSR count). The molecule has 0 spiro atoms. The zero-order chi connectivity index (χ0) is 17.6. The van der Waals surface area contributed by atoms with E-state index in [2.05, 4.69) is 15.3 Å². The minimum Gasteiger partial charge on any atom is -0.395 e. The molecule has 2 heterocycles. The SMILES string of the molecule is Cc1cc(NC(=O)N2CCN(CCO)CC2)n(Cc2ccccc2)n1. The van der Waals surface area contributed by atoms with E-state index in [1.54, 1.807) is 0 Å². The third kappa shape index (κ3) is 4.58. The molecule has 7 nitrogen and oxygen atoms in total. The van der Waals surface area contributed by atoms with E-state index in [0.29, 0.717) is 32.0 Å². The number of piperazine rings is 1. The molecule has 0 unspecified atom stereocenters. The summed E-state index contributed by atoms with van der Waals surface area (Å²) < 4.78 is 1.82. The number of carbonyl (C=O) groups is 1. The molecule has 0 saturated carbocycles. The Kier molecular flexibility index (Phi) is 5.67. The van der Waals surface area contributed by atoms with Gasteiger partial charge in [-0.1, -0.05) is 30.3 Å². The average molecular weight is 343 g/mol. The van der Waals surface area contributed by atoms with E-state index in [4.69, 9.17) is 5.11 Å². The van der Waals surface area contributed by atoms with Crippen LogP contribution in [0, 0.1) is 6.92 Å². The van der Waals surface area contributed by atoms with Gasteiger partial charge in [0.15, 0.2) is 0 Å². The first-order valence-electron chi connectivity index (χ1n) is 8.63. The van der Waals surface area contributed by atoms with Crippen molar-refractivity contribution in [3.05, 3.63) is 47.7 Å². The Morgan fingerprint density at radius 1 is 1.20 bits per heavy atom. The van der Waals surface area contributed by atoms with E-state index in [-0.39, 0.29) is 12.6 Å². The second-order valence-corrected chi connectivity index (χ2v) is 6.30. The van der Waals surface area contributed by atoms with E-state index in [9.17, 15) is 4.79 Å². The lowest BCUT2D eigenvalue weighted by molar-refractivity contribution is 0.127. The van der Waals surface area contributed by atoms with Crippen LogP contribution in [0.3, 0.4) is 0 Å². The molecular weight excluding hydrogens is 318 g/mol. The fraction of sp³-hybridized carbons (Fsp3) is 0.444. The van der Waals surface area contributed by atoms with Gasteiger partial charge in [-0.3, -0.25) is 10.2 Å². The Balaban J connectivity index is 1.62. The molecule has 7 heteroatoms. The van der Waals surface area contributed by atoms with Crippen LogP contribution in [0.25, 0.3) is 0 Å². The van der Waals surface area contributed by atoms with Crippen LogP contribution in [-0.4, -0.2) is 70.0 Å². The summed E-state index contributed by atoms with van der Waals surface area (Å²) in [6, 6.07) is 11.9. The first kappa shape index (κ1) is 17.4. The van der Waals surface area contributed by atoms with E-state index in [1.807, 2.05) is 52.9 Å². The number of rotatable bonds is 5. The summed E-state index contributed by atoms with van der Waals surface area (Å²) in [4.78, 5) is 16.5. The van der Waals surface area contributed by atoms with E-state index >= 15 is 0 Å². The van der Waals surface area contributed by atoms with Gasteiger partial charge in [-0.25, -0.2) is 9.48 Å². The monoisotopic (exact) mass is 343 g/mol. The highest BCUT2D eigenvalue weighted by molar-refractivity contribution is 5.88. The zero-order valence-electron chi connectivity index (χ0n) is 14.6. The number of aromatic nitrogens is 2. The smallest absolute Gasteiger partial charge is 0.323 e. The molecule has 2 aromatic rings. The Bertz CT molecular complexity index is 693. The third-order valence-corrected chi connectivity index (χ3v) is 4.39. The Hall–Kier alpha value is -2.38. The first-order valence-corrected chi connectivity index (χ1v) is 8.63. The quantitative estimate of drug-likeness (QED) is 0.860. The van der Waals surface area contributed by atoms with Gasteiger partial charge in [-0.15, -0.1) is 0 Å². The highest BCUT2D eigenvalue weighted by Crippen LogP contribution is 2.14. The number of hydrogen-bond acceptors (Lipinski definition) is 4. The van der Waals surface area contributed by atoms with Crippen molar-refractivity contribution in [3.63, 3.8) is 0 Å². The lowest BCUT2D eigenvalue weighted by atomic mass is 10.2. The summed E-state index contributed by atoms with van der Waals surface area (Å²) in [5.41, 5.74) is 2.01. The Morgan fingerprint density at radius 3 is 2.60 bits per heavy atom. The molecule has 0 aliphatic carbocycles. The minimum absolute atomic E-state index is 0.0992. The van der Waals surface area contributed by atoms with Gasteiger partial charge in [0.25, 0.3) is 0 Å². The summed E-state index contributed by atoms with van der Waals surface area (Å²) in [5, 5.41) is 16.5. The molecule has 1 fully saturated rings. The molecule has 0 atom stereocenters. The summed E-state index contributed by atoms with van der Waals surface area (Å²) in [6.07, 6.45) is 0. The highest BCUT2D eigenvalue weighted by Gasteiger charge is 2.21. The van der Waals surface area contributed by atoms with Crippen molar-refractivity contribution in [2.45, 2.75) is 13.5 Å². The molecule has 1 aromatic carbocycles. The summed E-state index contributed by atoms with van der Waals surface area (Å²) in [5.74, 6) is 0.712. The van der Waals surface area contributed by atoms with Crippen molar-refractivity contribution in [1.82, 2.24) is 19.6 Å². The molecule has 1 aliphatic heterocycles. The molecule has 2 N–H and O–H groups in total. The second-order valence-electron chi connectivity index (χ2n) is 6.30. The number of nitrogens with one attached hydrogen (secondary N) is 1. The fourth-order valence-corrected chi connectivity index (χ4v) is 3.03. The Morgan fingerprint density at radius 2 is 1.92 bits per heavy atom. The van der Waals surface area contributed by atoms with Crippen molar-refractivity contribution >= 4 is 11.8 Å². The maximum atomic E-state index is 12.6. The van der Waals surface area contributed by atoms with Crippen molar-refractivity contribution < 1.29 is 9.90 Å². The van der Waals surface area contributed by atoms with Gasteiger partial charge < -0.3 is 10.0 Å². The predicted octanol–water partition coefficient (Wildman–Crippen LogP) is 1.38. The number of urea groups is 1. The van der Waals surface area contributed by atoms with Crippen LogP contribution in [0.1, 0.15) is 11.3 Å². The molecular formula is C18H25N5O2. The second kappa shape index (κ2) is 8.13. The van der Waals surface area contributed by atoms with Crippen molar-refractivity contribution in [2.75, 3.05) is 44.6 Å². The molecule has 2 amide bonds. The number of aliphatic hydroxyl groups excluding tert-OH is 1. The minimum atomic E-state index is -0.0992. The Labute approximate surface area is 147 Å². The first-order chi connectivity index (χ1) is 12.2. The van der Waals surface area contributed by atoms with Gasteiger partial charge in [0.1, 0.15) is 5.82 Å². The standard InChI is InChI=1S/C18H25N5O2/c1-15-13-17(23(20-15)14-16-5-3-2-4-6-16)19-18(25)22-9-7-21(8-10-22)11-12-24/h2-6,13,24H,7-12,14H2,1H3,(H,19,25). The average Bonchev–Trinajstić information content (AvgIpc) is 2.95. The topological polar surface area (TPSA) is 73.6 Å². The number of carbonyl (C=O) groups excluding carboxylic acids is 1. The molecule has 0 bridgehead atoms. The largest absolute Gasteiger partial charge is 0.395 e. The zero-order valence-corrected chi connectivity index (χ0v) is 14.6. The lowest BCUT2D eigenvalue weighted by Crippen LogP contribution is -2.50. The van der Waals surface area contributed by atoms with Crippen LogP contribution in [0.5, 0.6) is 0 Å². The number of aryl methyl sites for hydroxylation is 1. The van der Waals surface area contributed by atoms with Crippen molar-refractivity contribution in [1.29, 1.82) is 0 Å². The maximum absolute atomic E-state index is 12.6. The van der Waals surface area contributed by atoms with Gasteiger partial charge in [-0.2, -0.15) is 5.10 Å². The van der Waals surface area contributed by atoms with Crippen molar-refractivity contribution in [3.8, 4) is 0 Å². The molecule has 25 heavy (non-hydrogen) atoms. The lowest BCUT2D eigenvalue weighted by Gasteiger charge is -2.34. The predicted molar refractivity (Wildman–Crippen MR) is 96.6 cm³/mol. The number of benzene rings is 1. The normalized spacial score (nSPS) is 15.4. The molecule has 1 saturated heterocycles. The maximum Gasteiger partial charge on any atom is 0.323 e. The van der Waals surface area contributed by atoms with E-state index in [0.717, 1.165) is 24.3 Å². The summed E-state index contributed by atoms with van der Waals surface area (Å²) in [7, 11) is 0. The van der Waals surface area contributed by atoms with E-state index in [1.165, 1.54) is 0 Å². The number of aliphatic hydroxyl groups is 1. The van der Waals surface area contributed by atoms with Crippen LogP contribution in [0.2, 0.25) is 0 Å². The van der Waals surface area contributed by atoms with Crippen LogP contribution in [-0.2, 0) is 6.54 Å². The molecule has 1 aliphatic rings. The third-order valence-electron chi connectivity index (χ3n) is 4.39. The van der Waals surface area contributed by atoms with Gasteiger partial charge in [-0.05, 0) is 12.5 Å². The number of hydrogen-bond donors (Lipinski definition) is 2.